The SMILES string of the molecule is O=C(CSC(c1ccccc1)c1ccccc1)Nc1nc(-c2ccccn2)cs1. The molecule has 0 aliphatic carbocycles. The van der Waals surface area contributed by atoms with Crippen LogP contribution in [0.1, 0.15) is 16.4 Å². The highest BCUT2D eigenvalue weighted by Gasteiger charge is 2.17. The van der Waals surface area contributed by atoms with Crippen LogP contribution in [0.3, 0.4) is 0 Å². The normalized spacial score (nSPS) is 10.8. The Hall–Kier alpha value is -2.96. The topological polar surface area (TPSA) is 54.9 Å². The van der Waals surface area contributed by atoms with E-state index in [9.17, 15) is 4.79 Å². The van der Waals surface area contributed by atoms with Crippen molar-refractivity contribution >= 4 is 34.1 Å². The van der Waals surface area contributed by atoms with E-state index in [-0.39, 0.29) is 11.2 Å². The summed E-state index contributed by atoms with van der Waals surface area (Å²) in [5.41, 5.74) is 3.93. The summed E-state index contributed by atoms with van der Waals surface area (Å²) in [5, 5.41) is 5.51. The van der Waals surface area contributed by atoms with Crippen LogP contribution >= 0.6 is 23.1 Å². The summed E-state index contributed by atoms with van der Waals surface area (Å²) in [6, 6.07) is 26.2. The van der Waals surface area contributed by atoms with Gasteiger partial charge in [-0.1, -0.05) is 66.7 Å². The zero-order valence-electron chi connectivity index (χ0n) is 15.6. The van der Waals surface area contributed by atoms with Gasteiger partial charge in [0.25, 0.3) is 0 Å². The zero-order valence-corrected chi connectivity index (χ0v) is 17.2. The molecule has 0 aliphatic rings. The Morgan fingerprint density at radius 3 is 2.17 bits per heavy atom. The zero-order chi connectivity index (χ0) is 19.9. The van der Waals surface area contributed by atoms with Gasteiger partial charge in [0.2, 0.25) is 5.91 Å². The molecule has 0 bridgehead atoms. The number of benzene rings is 2. The van der Waals surface area contributed by atoms with Gasteiger partial charge in [-0.15, -0.1) is 23.1 Å². The molecule has 0 unspecified atom stereocenters. The number of amides is 1. The van der Waals surface area contributed by atoms with E-state index in [4.69, 9.17) is 0 Å². The van der Waals surface area contributed by atoms with Gasteiger partial charge >= 0.3 is 0 Å². The number of thiazole rings is 1. The van der Waals surface area contributed by atoms with E-state index in [2.05, 4.69) is 39.6 Å². The maximum absolute atomic E-state index is 12.5. The maximum Gasteiger partial charge on any atom is 0.236 e. The second kappa shape index (κ2) is 9.49. The molecule has 1 amide bonds. The van der Waals surface area contributed by atoms with Crippen molar-refractivity contribution in [2.75, 3.05) is 11.1 Å². The molecule has 0 atom stereocenters. The fourth-order valence-corrected chi connectivity index (χ4v) is 4.73. The van der Waals surface area contributed by atoms with Crippen molar-refractivity contribution in [3.63, 3.8) is 0 Å². The molecule has 0 spiro atoms. The van der Waals surface area contributed by atoms with Crippen molar-refractivity contribution in [2.24, 2.45) is 0 Å². The molecule has 29 heavy (non-hydrogen) atoms. The number of nitrogens with one attached hydrogen (secondary N) is 1. The van der Waals surface area contributed by atoms with Crippen LogP contribution in [-0.2, 0) is 4.79 Å². The summed E-state index contributed by atoms with van der Waals surface area (Å²) in [4.78, 5) is 21.3. The molecule has 0 aliphatic heterocycles. The minimum atomic E-state index is -0.0613. The van der Waals surface area contributed by atoms with Crippen molar-refractivity contribution in [3.05, 3.63) is 102 Å². The van der Waals surface area contributed by atoms with Gasteiger partial charge in [-0.25, -0.2) is 4.98 Å². The number of aromatic nitrogens is 2. The number of thioether (sulfide) groups is 1. The first-order valence-corrected chi connectivity index (χ1v) is 11.1. The van der Waals surface area contributed by atoms with E-state index in [1.807, 2.05) is 60.0 Å². The van der Waals surface area contributed by atoms with Crippen LogP contribution in [0.25, 0.3) is 11.4 Å². The second-order valence-electron chi connectivity index (χ2n) is 6.31. The Balaban J connectivity index is 1.42. The number of hydrogen-bond donors (Lipinski definition) is 1. The van der Waals surface area contributed by atoms with Crippen molar-refractivity contribution in [1.29, 1.82) is 0 Å². The van der Waals surface area contributed by atoms with E-state index in [1.165, 1.54) is 22.5 Å². The Kier molecular flexibility index (Phi) is 6.34. The molecular formula is C23H19N3OS2. The van der Waals surface area contributed by atoms with Gasteiger partial charge in [0.1, 0.15) is 5.69 Å². The van der Waals surface area contributed by atoms with Crippen LogP contribution in [0.5, 0.6) is 0 Å². The van der Waals surface area contributed by atoms with Gasteiger partial charge in [-0.2, -0.15) is 0 Å². The van der Waals surface area contributed by atoms with Gasteiger partial charge in [0, 0.05) is 11.6 Å². The number of carbonyl (C=O) groups excluding carboxylic acids is 1. The summed E-state index contributed by atoms with van der Waals surface area (Å²) in [6.07, 6.45) is 1.73. The molecule has 0 saturated carbocycles. The highest BCUT2D eigenvalue weighted by molar-refractivity contribution is 8.00. The van der Waals surface area contributed by atoms with Crippen molar-refractivity contribution in [3.8, 4) is 11.4 Å². The van der Waals surface area contributed by atoms with Crippen LogP contribution in [0, 0.1) is 0 Å². The number of hydrogen-bond acceptors (Lipinski definition) is 5. The Morgan fingerprint density at radius 1 is 0.897 bits per heavy atom. The summed E-state index contributed by atoms with van der Waals surface area (Å²) in [7, 11) is 0. The third kappa shape index (κ3) is 5.10. The van der Waals surface area contributed by atoms with Crippen LogP contribution in [-0.4, -0.2) is 21.6 Å². The first-order chi connectivity index (χ1) is 14.3. The second-order valence-corrected chi connectivity index (χ2v) is 8.26. The summed E-state index contributed by atoms with van der Waals surface area (Å²) in [5.74, 6) is 0.279. The predicted molar refractivity (Wildman–Crippen MR) is 121 cm³/mol. The minimum Gasteiger partial charge on any atom is -0.301 e. The van der Waals surface area contributed by atoms with E-state index in [0.29, 0.717) is 10.9 Å². The molecule has 4 aromatic rings. The first-order valence-electron chi connectivity index (χ1n) is 9.18. The number of nitrogens with zero attached hydrogens (tertiary/aromatic N) is 2. The Labute approximate surface area is 178 Å². The Bertz CT molecular complexity index is 1010. The summed E-state index contributed by atoms with van der Waals surface area (Å²) >= 11 is 3.02. The molecule has 4 rings (SSSR count). The van der Waals surface area contributed by atoms with Gasteiger partial charge in [0.05, 0.1) is 16.7 Å². The quantitative estimate of drug-likeness (QED) is 0.421. The van der Waals surface area contributed by atoms with Gasteiger partial charge in [-0.05, 0) is 23.3 Å². The lowest BCUT2D eigenvalue weighted by Crippen LogP contribution is -2.15. The monoisotopic (exact) mass is 417 g/mol. The third-order valence-electron chi connectivity index (χ3n) is 4.26. The maximum atomic E-state index is 12.5. The van der Waals surface area contributed by atoms with Crippen molar-refractivity contribution in [2.45, 2.75) is 5.25 Å². The number of rotatable bonds is 7. The van der Waals surface area contributed by atoms with Crippen LogP contribution in [0.4, 0.5) is 5.13 Å². The molecule has 144 valence electrons. The summed E-state index contributed by atoms with van der Waals surface area (Å²) < 4.78 is 0. The molecule has 2 aromatic heterocycles. The smallest absolute Gasteiger partial charge is 0.236 e. The van der Waals surface area contributed by atoms with Gasteiger partial charge in [-0.3, -0.25) is 9.78 Å². The average Bonchev–Trinajstić information content (AvgIpc) is 3.24. The van der Waals surface area contributed by atoms with Crippen molar-refractivity contribution in [1.82, 2.24) is 9.97 Å². The molecule has 2 heterocycles. The molecule has 0 saturated heterocycles. The number of pyridine rings is 1. The molecule has 0 fully saturated rings. The molecular weight excluding hydrogens is 398 g/mol. The average molecular weight is 418 g/mol. The third-order valence-corrected chi connectivity index (χ3v) is 6.33. The highest BCUT2D eigenvalue weighted by atomic mass is 32.2. The van der Waals surface area contributed by atoms with E-state index in [0.717, 1.165) is 11.4 Å². The molecule has 6 heteroatoms. The van der Waals surface area contributed by atoms with Gasteiger partial charge < -0.3 is 5.32 Å². The minimum absolute atomic E-state index is 0.0613. The van der Waals surface area contributed by atoms with E-state index < -0.39 is 0 Å². The lowest BCUT2D eigenvalue weighted by Gasteiger charge is -2.17. The lowest BCUT2D eigenvalue weighted by molar-refractivity contribution is -0.113. The molecule has 2 aromatic carbocycles. The van der Waals surface area contributed by atoms with E-state index in [1.54, 1.807) is 18.0 Å². The first kappa shape index (κ1) is 19.4. The fraction of sp³-hybridized carbons (Fsp3) is 0.0870. The molecule has 1 N–H and O–H groups in total. The van der Waals surface area contributed by atoms with E-state index >= 15 is 0 Å². The Morgan fingerprint density at radius 2 is 1.55 bits per heavy atom. The lowest BCUT2D eigenvalue weighted by atomic mass is 10.0. The summed E-state index contributed by atoms with van der Waals surface area (Å²) in [6.45, 7) is 0. The van der Waals surface area contributed by atoms with Crippen LogP contribution in [0.15, 0.2) is 90.4 Å². The highest BCUT2D eigenvalue weighted by Crippen LogP contribution is 2.35. The number of carbonyl (C=O) groups is 1. The fourth-order valence-electron chi connectivity index (χ4n) is 2.92. The predicted octanol–water partition coefficient (Wildman–Crippen LogP) is 5.67. The van der Waals surface area contributed by atoms with Crippen molar-refractivity contribution < 1.29 is 4.79 Å². The molecule has 4 nitrogen and oxygen atoms in total. The van der Waals surface area contributed by atoms with Gasteiger partial charge in [0.15, 0.2) is 5.13 Å². The van der Waals surface area contributed by atoms with Crippen LogP contribution in [0.2, 0.25) is 0 Å². The standard InChI is InChI=1S/C23H19N3OS2/c27-21(26-23-25-20(15-29-23)19-13-7-8-14-24-19)16-28-22(17-9-3-1-4-10-17)18-11-5-2-6-12-18/h1-15,22H,16H2,(H,25,26,27). The largest absolute Gasteiger partial charge is 0.301 e. The van der Waals surface area contributed by atoms with Crippen LogP contribution < -0.4 is 5.32 Å². The molecule has 0 radical (unpaired) electrons. The number of anilines is 1.